The Morgan fingerprint density at radius 2 is 1.95 bits per heavy atom. The Kier molecular flexibility index (Phi) is 6.31. The van der Waals surface area contributed by atoms with Gasteiger partial charge in [-0.25, -0.2) is 4.98 Å². The Bertz CT molecular complexity index is 395. The number of rotatable bonds is 7. The molecule has 0 aliphatic carbocycles. The molecule has 3 nitrogen and oxygen atoms in total. The van der Waals surface area contributed by atoms with Gasteiger partial charge in [0.1, 0.15) is 11.6 Å². The van der Waals surface area contributed by atoms with E-state index >= 15 is 0 Å². The lowest BCUT2D eigenvalue weighted by Crippen LogP contribution is -2.34. The second-order valence-corrected chi connectivity index (χ2v) is 6.56. The van der Waals surface area contributed by atoms with Crippen molar-refractivity contribution < 1.29 is 0 Å². The monoisotopic (exact) mass is 277 g/mol. The molecule has 1 unspecified atom stereocenters. The van der Waals surface area contributed by atoms with Crippen LogP contribution in [0.15, 0.2) is 18.2 Å². The van der Waals surface area contributed by atoms with Gasteiger partial charge in [0.2, 0.25) is 0 Å². The summed E-state index contributed by atoms with van der Waals surface area (Å²) in [7, 11) is 0. The molecule has 114 valence electrons. The Balaban J connectivity index is 2.92. The third kappa shape index (κ3) is 5.40. The van der Waals surface area contributed by atoms with Crippen LogP contribution in [0.4, 0.5) is 11.6 Å². The molecule has 0 aliphatic rings. The van der Waals surface area contributed by atoms with Crippen molar-refractivity contribution in [1.29, 1.82) is 0 Å². The Morgan fingerprint density at radius 3 is 2.50 bits per heavy atom. The van der Waals surface area contributed by atoms with E-state index in [9.17, 15) is 0 Å². The van der Waals surface area contributed by atoms with Gasteiger partial charge < -0.3 is 10.2 Å². The predicted molar refractivity (Wildman–Crippen MR) is 89.6 cm³/mol. The van der Waals surface area contributed by atoms with Gasteiger partial charge in [0, 0.05) is 18.1 Å². The summed E-state index contributed by atoms with van der Waals surface area (Å²) in [4.78, 5) is 7.22. The number of hydrogen-bond donors (Lipinski definition) is 1. The lowest BCUT2D eigenvalue weighted by molar-refractivity contribution is 0.588. The van der Waals surface area contributed by atoms with Gasteiger partial charge in [-0.1, -0.05) is 26.3 Å². The molecule has 0 saturated heterocycles. The van der Waals surface area contributed by atoms with Gasteiger partial charge in [0.05, 0.1) is 0 Å². The van der Waals surface area contributed by atoms with Crippen LogP contribution in [0.1, 0.15) is 60.8 Å². The molecular weight excluding hydrogens is 246 g/mol. The normalized spacial score (nSPS) is 13.1. The maximum absolute atomic E-state index is 4.80. The highest BCUT2D eigenvalue weighted by Gasteiger charge is 2.15. The molecule has 0 radical (unpaired) electrons. The first kappa shape index (κ1) is 16.8. The topological polar surface area (TPSA) is 28.2 Å². The molecule has 0 saturated carbocycles. The quantitative estimate of drug-likeness (QED) is 0.783. The van der Waals surface area contributed by atoms with Crippen LogP contribution >= 0.6 is 0 Å². The molecule has 1 aromatic rings. The fourth-order valence-corrected chi connectivity index (χ4v) is 2.15. The van der Waals surface area contributed by atoms with E-state index in [-0.39, 0.29) is 5.54 Å². The third-order valence-corrected chi connectivity index (χ3v) is 3.41. The third-order valence-electron chi connectivity index (χ3n) is 3.41. The summed E-state index contributed by atoms with van der Waals surface area (Å²) < 4.78 is 0. The smallest absolute Gasteiger partial charge is 0.131 e. The summed E-state index contributed by atoms with van der Waals surface area (Å²) in [5.74, 6) is 2.04. The molecular formula is C17H31N3. The zero-order chi connectivity index (χ0) is 15.2. The van der Waals surface area contributed by atoms with Crippen molar-refractivity contribution in [2.45, 2.75) is 72.4 Å². The van der Waals surface area contributed by atoms with Crippen molar-refractivity contribution in [2.24, 2.45) is 0 Å². The number of anilines is 2. The summed E-state index contributed by atoms with van der Waals surface area (Å²) in [6, 6.07) is 6.79. The number of pyridine rings is 1. The lowest BCUT2D eigenvalue weighted by Gasteiger charge is -2.30. The number of nitrogens with one attached hydrogen (secondary N) is 1. The molecule has 1 aromatic heterocycles. The van der Waals surface area contributed by atoms with Crippen molar-refractivity contribution in [3.05, 3.63) is 18.2 Å². The lowest BCUT2D eigenvalue weighted by atomic mass is 10.1. The Hall–Kier alpha value is -1.25. The van der Waals surface area contributed by atoms with Gasteiger partial charge in [-0.05, 0) is 52.7 Å². The fraction of sp³-hybridized carbons (Fsp3) is 0.706. The minimum Gasteiger partial charge on any atom is -0.365 e. The average Bonchev–Trinajstić information content (AvgIpc) is 2.37. The van der Waals surface area contributed by atoms with Crippen molar-refractivity contribution >= 4 is 11.6 Å². The SMILES string of the molecule is CCCCN(c1cccc(NC(C)(C)C)n1)C(C)CC. The molecule has 1 N–H and O–H groups in total. The van der Waals surface area contributed by atoms with Crippen LogP contribution in [0.3, 0.4) is 0 Å². The van der Waals surface area contributed by atoms with E-state index in [4.69, 9.17) is 4.98 Å². The van der Waals surface area contributed by atoms with E-state index in [1.807, 2.05) is 6.07 Å². The summed E-state index contributed by atoms with van der Waals surface area (Å²) >= 11 is 0. The molecule has 0 aromatic carbocycles. The molecule has 1 heterocycles. The van der Waals surface area contributed by atoms with Crippen molar-refractivity contribution in [1.82, 2.24) is 4.98 Å². The summed E-state index contributed by atoms with van der Waals surface area (Å²) in [5.41, 5.74) is 0.0379. The fourth-order valence-electron chi connectivity index (χ4n) is 2.15. The van der Waals surface area contributed by atoms with Gasteiger partial charge >= 0.3 is 0 Å². The molecule has 1 atom stereocenters. The molecule has 0 spiro atoms. The highest BCUT2D eigenvalue weighted by atomic mass is 15.2. The van der Waals surface area contributed by atoms with E-state index in [1.54, 1.807) is 0 Å². The van der Waals surface area contributed by atoms with Crippen molar-refractivity contribution in [3.63, 3.8) is 0 Å². The van der Waals surface area contributed by atoms with Gasteiger partial charge in [-0.15, -0.1) is 0 Å². The van der Waals surface area contributed by atoms with E-state index in [0.29, 0.717) is 6.04 Å². The summed E-state index contributed by atoms with van der Waals surface area (Å²) in [6.45, 7) is 14.3. The molecule has 0 amide bonds. The second kappa shape index (κ2) is 7.51. The number of aromatic nitrogens is 1. The maximum Gasteiger partial charge on any atom is 0.131 e. The van der Waals surface area contributed by atoms with E-state index in [0.717, 1.165) is 24.6 Å². The van der Waals surface area contributed by atoms with Gasteiger partial charge in [-0.3, -0.25) is 0 Å². The highest BCUT2D eigenvalue weighted by molar-refractivity contribution is 5.48. The Labute approximate surface area is 124 Å². The molecule has 0 aliphatic heterocycles. The minimum absolute atomic E-state index is 0.0379. The minimum atomic E-state index is 0.0379. The first-order valence-corrected chi connectivity index (χ1v) is 7.89. The van der Waals surface area contributed by atoms with Crippen LogP contribution in [0, 0.1) is 0 Å². The second-order valence-electron chi connectivity index (χ2n) is 6.56. The van der Waals surface area contributed by atoms with Crippen LogP contribution in [-0.2, 0) is 0 Å². The first-order chi connectivity index (χ1) is 9.37. The maximum atomic E-state index is 4.80. The Morgan fingerprint density at radius 1 is 1.25 bits per heavy atom. The van der Waals surface area contributed by atoms with Crippen LogP contribution in [-0.4, -0.2) is 23.1 Å². The van der Waals surface area contributed by atoms with Crippen LogP contribution in [0.25, 0.3) is 0 Å². The van der Waals surface area contributed by atoms with Gasteiger partial charge in [-0.2, -0.15) is 0 Å². The summed E-state index contributed by atoms with van der Waals surface area (Å²) in [6.07, 6.45) is 3.57. The van der Waals surface area contributed by atoms with Crippen LogP contribution in [0.5, 0.6) is 0 Å². The van der Waals surface area contributed by atoms with E-state index in [2.05, 4.69) is 63.9 Å². The zero-order valence-corrected chi connectivity index (χ0v) is 14.0. The number of nitrogens with zero attached hydrogens (tertiary/aromatic N) is 2. The van der Waals surface area contributed by atoms with Gasteiger partial charge in [0.15, 0.2) is 0 Å². The van der Waals surface area contributed by atoms with E-state index in [1.165, 1.54) is 12.8 Å². The zero-order valence-electron chi connectivity index (χ0n) is 14.0. The number of unbranched alkanes of at least 4 members (excludes halogenated alkanes) is 1. The van der Waals surface area contributed by atoms with Gasteiger partial charge in [0.25, 0.3) is 0 Å². The van der Waals surface area contributed by atoms with Crippen molar-refractivity contribution in [2.75, 3.05) is 16.8 Å². The average molecular weight is 277 g/mol. The number of hydrogen-bond acceptors (Lipinski definition) is 3. The summed E-state index contributed by atoms with van der Waals surface area (Å²) in [5, 5.41) is 3.45. The standard InChI is InChI=1S/C17H31N3/c1-7-9-13-20(14(3)8-2)16-12-10-11-15(18-16)19-17(4,5)6/h10-12,14H,7-9,13H2,1-6H3,(H,18,19). The molecule has 1 rings (SSSR count). The van der Waals surface area contributed by atoms with Crippen molar-refractivity contribution in [3.8, 4) is 0 Å². The largest absolute Gasteiger partial charge is 0.365 e. The molecule has 0 bridgehead atoms. The highest BCUT2D eigenvalue weighted by Crippen LogP contribution is 2.20. The van der Waals surface area contributed by atoms with E-state index < -0.39 is 0 Å². The van der Waals surface area contributed by atoms with Crippen LogP contribution < -0.4 is 10.2 Å². The predicted octanol–water partition coefficient (Wildman–Crippen LogP) is 4.70. The first-order valence-electron chi connectivity index (χ1n) is 7.89. The molecule has 20 heavy (non-hydrogen) atoms. The molecule has 3 heteroatoms. The van der Waals surface area contributed by atoms with Crippen LogP contribution in [0.2, 0.25) is 0 Å². The molecule has 0 fully saturated rings.